The molecule has 0 aromatic heterocycles. The number of anilines is 3. The summed E-state index contributed by atoms with van der Waals surface area (Å²) in [6.45, 7) is 4.63. The van der Waals surface area contributed by atoms with E-state index in [2.05, 4.69) is 24.5 Å². The first-order valence-electron chi connectivity index (χ1n) is 10.3. The molecule has 0 radical (unpaired) electrons. The van der Waals surface area contributed by atoms with Crippen LogP contribution < -0.4 is 20.4 Å². The fourth-order valence-electron chi connectivity index (χ4n) is 3.85. The van der Waals surface area contributed by atoms with Crippen molar-refractivity contribution in [1.82, 2.24) is 5.32 Å². The van der Waals surface area contributed by atoms with Crippen LogP contribution >= 0.6 is 0 Å². The van der Waals surface area contributed by atoms with Crippen LogP contribution in [0.2, 0.25) is 0 Å². The second-order valence-corrected chi connectivity index (χ2v) is 8.00. The number of urea groups is 1. The molecule has 0 saturated carbocycles. The number of benzene rings is 2. The summed E-state index contributed by atoms with van der Waals surface area (Å²) < 4.78 is 0. The van der Waals surface area contributed by atoms with Crippen molar-refractivity contribution in [1.29, 1.82) is 0 Å². The molecule has 8 heteroatoms. The van der Waals surface area contributed by atoms with E-state index >= 15 is 0 Å². The molecule has 2 heterocycles. The van der Waals surface area contributed by atoms with Gasteiger partial charge in [0.15, 0.2) is 0 Å². The standard InChI is InChI=1S/C23H24N4O4/c1-14(2)15-6-8-17(9-7-15)26-11-10-19(22(26)30)21(29)25-16-4-3-5-18(12-16)27-20(28)13-24-23(27)31/h3-9,12,14,19H,10-11,13H2,1-2H3,(H,24,31)(H,25,29). The summed E-state index contributed by atoms with van der Waals surface area (Å²) in [5.41, 5.74) is 2.75. The molecule has 2 aromatic carbocycles. The number of nitrogens with zero attached hydrogens (tertiary/aromatic N) is 2. The molecule has 2 aromatic rings. The zero-order chi connectivity index (χ0) is 22.1. The third-order valence-electron chi connectivity index (χ3n) is 5.61. The van der Waals surface area contributed by atoms with Crippen LogP contribution in [-0.4, -0.2) is 36.8 Å². The number of amides is 5. The van der Waals surface area contributed by atoms with Crippen LogP contribution in [0.1, 0.15) is 31.7 Å². The predicted octanol–water partition coefficient (Wildman–Crippen LogP) is 2.86. The number of carbonyl (C=O) groups is 4. The van der Waals surface area contributed by atoms with E-state index < -0.39 is 17.9 Å². The van der Waals surface area contributed by atoms with Gasteiger partial charge in [0, 0.05) is 17.9 Å². The molecule has 2 fully saturated rings. The minimum atomic E-state index is -0.787. The summed E-state index contributed by atoms with van der Waals surface area (Å²) >= 11 is 0. The first-order chi connectivity index (χ1) is 14.8. The van der Waals surface area contributed by atoms with Gasteiger partial charge in [0.1, 0.15) is 5.92 Å². The van der Waals surface area contributed by atoms with Gasteiger partial charge in [-0.15, -0.1) is 0 Å². The summed E-state index contributed by atoms with van der Waals surface area (Å²) in [5.74, 6) is -1.39. The van der Waals surface area contributed by atoms with E-state index in [-0.39, 0.29) is 18.4 Å². The zero-order valence-electron chi connectivity index (χ0n) is 17.4. The Morgan fingerprint density at radius 3 is 2.45 bits per heavy atom. The zero-order valence-corrected chi connectivity index (χ0v) is 17.4. The van der Waals surface area contributed by atoms with Crippen molar-refractivity contribution < 1.29 is 19.2 Å². The highest BCUT2D eigenvalue weighted by atomic mass is 16.2. The van der Waals surface area contributed by atoms with E-state index in [1.165, 1.54) is 5.56 Å². The molecule has 0 bridgehead atoms. The lowest BCUT2D eigenvalue weighted by Crippen LogP contribution is -2.33. The molecule has 1 atom stereocenters. The van der Waals surface area contributed by atoms with Crippen molar-refractivity contribution in [2.45, 2.75) is 26.2 Å². The largest absolute Gasteiger partial charge is 0.329 e. The van der Waals surface area contributed by atoms with Crippen LogP contribution in [0.15, 0.2) is 48.5 Å². The maximum absolute atomic E-state index is 12.9. The van der Waals surface area contributed by atoms with Gasteiger partial charge >= 0.3 is 6.03 Å². The average Bonchev–Trinajstić information content (AvgIpc) is 3.30. The predicted molar refractivity (Wildman–Crippen MR) is 117 cm³/mol. The lowest BCUT2D eigenvalue weighted by molar-refractivity contribution is -0.129. The third-order valence-corrected chi connectivity index (χ3v) is 5.61. The van der Waals surface area contributed by atoms with Crippen molar-refractivity contribution in [3.63, 3.8) is 0 Å². The number of hydrogen-bond donors (Lipinski definition) is 2. The summed E-state index contributed by atoms with van der Waals surface area (Å²) in [6, 6.07) is 13.8. The highest BCUT2D eigenvalue weighted by Crippen LogP contribution is 2.28. The number of hydrogen-bond acceptors (Lipinski definition) is 4. The van der Waals surface area contributed by atoms with Gasteiger partial charge in [0.25, 0.3) is 5.91 Å². The topological polar surface area (TPSA) is 98.8 Å². The maximum Gasteiger partial charge on any atom is 0.329 e. The third kappa shape index (κ3) is 4.01. The molecule has 0 aliphatic carbocycles. The van der Waals surface area contributed by atoms with Gasteiger partial charge in [-0.25, -0.2) is 9.69 Å². The van der Waals surface area contributed by atoms with E-state index in [4.69, 9.17) is 0 Å². The van der Waals surface area contributed by atoms with Crippen LogP contribution in [0.5, 0.6) is 0 Å². The molecule has 2 aliphatic rings. The lowest BCUT2D eigenvalue weighted by Gasteiger charge is -2.18. The molecule has 4 rings (SSSR count). The Bertz CT molecular complexity index is 1030. The van der Waals surface area contributed by atoms with E-state index in [1.807, 2.05) is 24.3 Å². The molecule has 2 aliphatic heterocycles. The van der Waals surface area contributed by atoms with E-state index in [1.54, 1.807) is 29.2 Å². The summed E-state index contributed by atoms with van der Waals surface area (Å²) in [5, 5.41) is 5.21. The van der Waals surface area contributed by atoms with Crippen molar-refractivity contribution >= 4 is 40.8 Å². The summed E-state index contributed by atoms with van der Waals surface area (Å²) in [4.78, 5) is 52.1. The Hall–Kier alpha value is -3.68. The van der Waals surface area contributed by atoms with E-state index in [0.717, 1.165) is 10.6 Å². The molecule has 5 amide bonds. The fraction of sp³-hybridized carbons (Fsp3) is 0.304. The molecule has 8 nitrogen and oxygen atoms in total. The molecule has 0 spiro atoms. The van der Waals surface area contributed by atoms with Gasteiger partial charge in [-0.3, -0.25) is 14.4 Å². The molecular weight excluding hydrogens is 396 g/mol. The highest BCUT2D eigenvalue weighted by molar-refractivity contribution is 6.20. The molecule has 31 heavy (non-hydrogen) atoms. The molecular formula is C23H24N4O4. The number of rotatable bonds is 5. The highest BCUT2D eigenvalue weighted by Gasteiger charge is 2.38. The van der Waals surface area contributed by atoms with E-state index in [9.17, 15) is 19.2 Å². The van der Waals surface area contributed by atoms with Crippen LogP contribution in [0.3, 0.4) is 0 Å². The Morgan fingerprint density at radius 2 is 1.81 bits per heavy atom. The minimum absolute atomic E-state index is 0.0556. The number of carbonyl (C=O) groups excluding carboxylic acids is 4. The maximum atomic E-state index is 12.9. The van der Waals surface area contributed by atoms with Crippen LogP contribution in [0.4, 0.5) is 21.9 Å². The number of imide groups is 1. The molecule has 2 saturated heterocycles. The van der Waals surface area contributed by atoms with Crippen LogP contribution in [-0.2, 0) is 14.4 Å². The van der Waals surface area contributed by atoms with Gasteiger partial charge in [-0.1, -0.05) is 32.0 Å². The van der Waals surface area contributed by atoms with Gasteiger partial charge in [0.05, 0.1) is 12.2 Å². The summed E-state index contributed by atoms with van der Waals surface area (Å²) in [6.07, 6.45) is 0.420. The monoisotopic (exact) mass is 420 g/mol. The Kier molecular flexibility index (Phi) is 5.46. The first-order valence-corrected chi connectivity index (χ1v) is 10.3. The van der Waals surface area contributed by atoms with Gasteiger partial charge in [-0.05, 0) is 48.2 Å². The van der Waals surface area contributed by atoms with Crippen molar-refractivity contribution in [3.05, 3.63) is 54.1 Å². The smallest absolute Gasteiger partial charge is 0.328 e. The SMILES string of the molecule is CC(C)c1ccc(N2CCC(C(=O)Nc3cccc(N4C(=O)CNC4=O)c3)C2=O)cc1. The second-order valence-electron chi connectivity index (χ2n) is 8.00. The Balaban J connectivity index is 1.45. The van der Waals surface area contributed by atoms with Crippen molar-refractivity contribution in [3.8, 4) is 0 Å². The van der Waals surface area contributed by atoms with Crippen molar-refractivity contribution in [2.24, 2.45) is 5.92 Å². The van der Waals surface area contributed by atoms with Crippen LogP contribution in [0.25, 0.3) is 0 Å². The molecule has 2 N–H and O–H groups in total. The quantitative estimate of drug-likeness (QED) is 0.574. The summed E-state index contributed by atoms with van der Waals surface area (Å²) in [7, 11) is 0. The first kappa shape index (κ1) is 20.6. The Morgan fingerprint density at radius 1 is 1.06 bits per heavy atom. The van der Waals surface area contributed by atoms with Crippen LogP contribution in [0, 0.1) is 5.92 Å². The minimum Gasteiger partial charge on any atom is -0.328 e. The van der Waals surface area contributed by atoms with Crippen molar-refractivity contribution in [2.75, 3.05) is 28.2 Å². The second kappa shape index (κ2) is 8.22. The molecule has 160 valence electrons. The van der Waals surface area contributed by atoms with Gasteiger partial charge in [-0.2, -0.15) is 0 Å². The van der Waals surface area contributed by atoms with E-state index in [0.29, 0.717) is 30.3 Å². The lowest BCUT2D eigenvalue weighted by atomic mass is 10.0. The van der Waals surface area contributed by atoms with Gasteiger partial charge < -0.3 is 15.5 Å². The molecule has 1 unspecified atom stereocenters. The number of nitrogens with one attached hydrogen (secondary N) is 2. The van der Waals surface area contributed by atoms with Gasteiger partial charge in [0.2, 0.25) is 11.8 Å². The normalized spacial score (nSPS) is 18.7. The average molecular weight is 420 g/mol. The fourth-order valence-corrected chi connectivity index (χ4v) is 3.85. The Labute approximate surface area is 180 Å².